The van der Waals surface area contributed by atoms with Gasteiger partial charge in [0, 0.05) is 48.3 Å². The van der Waals surface area contributed by atoms with Crippen LogP contribution in [-0.2, 0) is 0 Å². The first-order valence-electron chi connectivity index (χ1n) is 13.5. The van der Waals surface area contributed by atoms with E-state index in [4.69, 9.17) is 11.6 Å². The number of benzene rings is 2. The number of nitriles is 2. The number of hydrogen-bond donors (Lipinski definition) is 4. The highest BCUT2D eigenvalue weighted by Crippen LogP contribution is 2.38. The summed E-state index contributed by atoms with van der Waals surface area (Å²) in [5.41, 5.74) is 11.9. The highest BCUT2D eigenvalue weighted by atomic mass is 35.5. The number of hydrazine groups is 2. The van der Waals surface area contributed by atoms with Crippen molar-refractivity contribution in [2.45, 2.75) is 43.8 Å². The second kappa shape index (κ2) is 11.7. The van der Waals surface area contributed by atoms with E-state index in [0.717, 1.165) is 35.4 Å². The van der Waals surface area contributed by atoms with Crippen LogP contribution in [0, 0.1) is 22.7 Å². The van der Waals surface area contributed by atoms with Gasteiger partial charge in [0.05, 0.1) is 45.6 Å². The number of fused-ring (bicyclic) bond motifs is 1. The van der Waals surface area contributed by atoms with Gasteiger partial charge in [-0.05, 0) is 48.6 Å². The van der Waals surface area contributed by atoms with Crippen LogP contribution in [0.1, 0.15) is 54.5 Å². The largest absolute Gasteiger partial charge is 0.377 e. The average molecular weight is 562 g/mol. The Hall–Kier alpha value is -4.83. The molecule has 0 saturated heterocycles. The van der Waals surface area contributed by atoms with Crippen LogP contribution in [0.2, 0.25) is 5.02 Å². The minimum Gasteiger partial charge on any atom is -0.377 e. The number of nitrogens with one attached hydrogen (secondary N) is 4. The fourth-order valence-corrected chi connectivity index (χ4v) is 5.34. The molecule has 1 fully saturated rings. The molecule has 204 valence electrons. The van der Waals surface area contributed by atoms with Crippen LogP contribution in [0.4, 0.5) is 11.4 Å². The van der Waals surface area contributed by atoms with Crippen LogP contribution in [0.5, 0.6) is 0 Å². The lowest BCUT2D eigenvalue weighted by atomic mass is 10.00. The van der Waals surface area contributed by atoms with E-state index in [1.165, 1.54) is 0 Å². The molecule has 3 heterocycles. The van der Waals surface area contributed by atoms with Crippen LogP contribution >= 0.6 is 11.6 Å². The highest BCUT2D eigenvalue weighted by molar-refractivity contribution is 6.35. The molecule has 2 atom stereocenters. The number of rotatable bonds is 10. The van der Waals surface area contributed by atoms with Crippen LogP contribution in [0.25, 0.3) is 10.9 Å². The monoisotopic (exact) mass is 561 g/mol. The van der Waals surface area contributed by atoms with Crippen molar-refractivity contribution in [3.8, 4) is 12.1 Å². The summed E-state index contributed by atoms with van der Waals surface area (Å²) in [4.78, 5) is 8.86. The third-order valence-corrected chi connectivity index (χ3v) is 7.59. The minimum absolute atomic E-state index is 0.181. The molecule has 4 N–H and O–H groups in total. The third-order valence-electron chi connectivity index (χ3n) is 7.30. The molecule has 2 aliphatic rings. The van der Waals surface area contributed by atoms with Crippen molar-refractivity contribution in [1.29, 1.82) is 10.5 Å². The van der Waals surface area contributed by atoms with Crippen LogP contribution < -0.4 is 21.6 Å². The quantitative estimate of drug-likeness (QED) is 0.182. The molecule has 2 aromatic heterocycles. The zero-order valence-electron chi connectivity index (χ0n) is 22.2. The molecule has 2 aromatic carbocycles. The maximum atomic E-state index is 10.0. The molecule has 6 rings (SSSR count). The summed E-state index contributed by atoms with van der Waals surface area (Å²) in [7, 11) is 0. The van der Waals surface area contributed by atoms with Gasteiger partial charge in [0.1, 0.15) is 6.07 Å². The molecule has 1 aliphatic heterocycles. The van der Waals surface area contributed by atoms with E-state index in [9.17, 15) is 10.5 Å². The Morgan fingerprint density at radius 2 is 1.88 bits per heavy atom. The van der Waals surface area contributed by atoms with Gasteiger partial charge in [0.25, 0.3) is 0 Å². The Labute approximate surface area is 243 Å². The molecule has 10 heteroatoms. The summed E-state index contributed by atoms with van der Waals surface area (Å²) < 4.78 is 0. The first kappa shape index (κ1) is 26.4. The minimum atomic E-state index is -0.246. The molecular formula is C31H28ClN9. The molecular weight excluding hydrogens is 534 g/mol. The smallest absolute Gasteiger partial charge is 0.103 e. The van der Waals surface area contributed by atoms with Gasteiger partial charge in [-0.1, -0.05) is 48.0 Å². The number of pyridine rings is 2. The maximum absolute atomic E-state index is 10.0. The van der Waals surface area contributed by atoms with Crippen LogP contribution in [0.15, 0.2) is 85.1 Å². The van der Waals surface area contributed by atoms with E-state index in [0.29, 0.717) is 46.1 Å². The van der Waals surface area contributed by atoms with E-state index in [2.05, 4.69) is 54.9 Å². The van der Waals surface area contributed by atoms with Gasteiger partial charge in [-0.25, -0.2) is 0 Å². The standard InChI is InChI=1S/C31H28ClN9/c32-26-15-23(37-30(21-8-5-13-35-17-21)28-19-41(40-39-28)24-10-11-24)14-25-29(22(16-34)18-36-31(25)26)38-27(9-4-12-33)20-6-2-1-3-7-20/h1-3,5-8,13-15,17-19,24,27,30,37,39-40H,4,9-11H2,(H,36,38)/t27-,30+/m1/s1. The summed E-state index contributed by atoms with van der Waals surface area (Å²) in [6, 6.07) is 22.3. The second-order valence-electron chi connectivity index (χ2n) is 10.1. The lowest BCUT2D eigenvalue weighted by Gasteiger charge is -2.23. The zero-order chi connectivity index (χ0) is 28.2. The fraction of sp³-hybridized carbons (Fsp3) is 0.226. The van der Waals surface area contributed by atoms with Crippen molar-refractivity contribution in [2.75, 3.05) is 10.6 Å². The molecule has 4 aromatic rings. The number of hydrogen-bond acceptors (Lipinski definition) is 9. The molecule has 1 aliphatic carbocycles. The summed E-state index contributed by atoms with van der Waals surface area (Å²) in [6.45, 7) is 0. The summed E-state index contributed by atoms with van der Waals surface area (Å²) in [5, 5.41) is 29.8. The molecule has 0 unspecified atom stereocenters. The first-order chi connectivity index (χ1) is 20.1. The highest BCUT2D eigenvalue weighted by Gasteiger charge is 2.32. The van der Waals surface area contributed by atoms with Gasteiger partial charge >= 0.3 is 0 Å². The molecule has 0 bridgehead atoms. The summed E-state index contributed by atoms with van der Waals surface area (Å²) in [6.07, 6.45) is 10.5. The molecule has 0 radical (unpaired) electrons. The van der Waals surface area contributed by atoms with Gasteiger partial charge in [0.15, 0.2) is 0 Å². The van der Waals surface area contributed by atoms with Crippen molar-refractivity contribution in [3.05, 3.63) is 107 Å². The third kappa shape index (κ3) is 5.73. The second-order valence-corrected chi connectivity index (χ2v) is 10.5. The van der Waals surface area contributed by atoms with E-state index >= 15 is 0 Å². The lowest BCUT2D eigenvalue weighted by molar-refractivity contribution is 0.260. The van der Waals surface area contributed by atoms with Gasteiger partial charge < -0.3 is 16.1 Å². The Bertz CT molecular complexity index is 1660. The SMILES string of the molecule is N#CCC[C@@H](Nc1c(C#N)cnc2c(Cl)cc(N[C@H](C3=CN(C4CC4)NN3)c3cccnc3)cc12)c1ccccc1. The van der Waals surface area contributed by atoms with Gasteiger partial charge in [-0.15, -0.1) is 5.53 Å². The first-order valence-corrected chi connectivity index (χ1v) is 13.9. The zero-order valence-corrected chi connectivity index (χ0v) is 22.9. The number of anilines is 2. The van der Waals surface area contributed by atoms with Gasteiger partial charge in [0.2, 0.25) is 0 Å². The summed E-state index contributed by atoms with van der Waals surface area (Å²) >= 11 is 6.81. The topological polar surface area (TPSA) is 125 Å². The number of nitrogens with zero attached hydrogens (tertiary/aromatic N) is 5. The Balaban J connectivity index is 1.40. The van der Waals surface area contributed by atoms with Gasteiger partial charge in [-0.3, -0.25) is 15.0 Å². The fourth-order valence-electron chi connectivity index (χ4n) is 5.07. The van der Waals surface area contributed by atoms with Crippen molar-refractivity contribution in [3.63, 3.8) is 0 Å². The van der Waals surface area contributed by atoms with Crippen molar-refractivity contribution >= 4 is 33.9 Å². The van der Waals surface area contributed by atoms with E-state index in [1.54, 1.807) is 12.4 Å². The molecule has 0 spiro atoms. The molecule has 41 heavy (non-hydrogen) atoms. The van der Waals surface area contributed by atoms with E-state index in [-0.39, 0.29) is 12.1 Å². The van der Waals surface area contributed by atoms with Crippen molar-refractivity contribution < 1.29 is 0 Å². The number of halogens is 1. The predicted octanol–water partition coefficient (Wildman–Crippen LogP) is 6.09. The Morgan fingerprint density at radius 3 is 2.61 bits per heavy atom. The van der Waals surface area contributed by atoms with Crippen molar-refractivity contribution in [2.24, 2.45) is 0 Å². The normalized spacial score (nSPS) is 15.8. The Kier molecular flexibility index (Phi) is 7.55. The Morgan fingerprint density at radius 1 is 1.05 bits per heavy atom. The van der Waals surface area contributed by atoms with E-state index in [1.807, 2.05) is 60.8 Å². The van der Waals surface area contributed by atoms with Crippen LogP contribution in [0.3, 0.4) is 0 Å². The van der Waals surface area contributed by atoms with Crippen molar-refractivity contribution in [1.82, 2.24) is 25.9 Å². The van der Waals surface area contributed by atoms with Crippen LogP contribution in [-0.4, -0.2) is 21.0 Å². The summed E-state index contributed by atoms with van der Waals surface area (Å²) in [5.74, 6) is 0. The average Bonchev–Trinajstić information content (AvgIpc) is 3.75. The maximum Gasteiger partial charge on any atom is 0.103 e. The molecule has 1 saturated carbocycles. The number of aromatic nitrogens is 2. The van der Waals surface area contributed by atoms with E-state index < -0.39 is 0 Å². The van der Waals surface area contributed by atoms with Gasteiger partial charge in [-0.2, -0.15) is 10.5 Å². The predicted molar refractivity (Wildman–Crippen MR) is 159 cm³/mol. The molecule has 0 amide bonds. The molecule has 9 nitrogen and oxygen atoms in total. The lowest BCUT2D eigenvalue weighted by Crippen LogP contribution is -2.38.